The lowest BCUT2D eigenvalue weighted by Crippen LogP contribution is -2.34. The first-order valence-electron chi connectivity index (χ1n) is 12.9. The topological polar surface area (TPSA) is 122 Å². The van der Waals surface area contributed by atoms with E-state index in [0.29, 0.717) is 29.2 Å². The number of aromatic amines is 1. The Morgan fingerprint density at radius 2 is 1.85 bits per heavy atom. The summed E-state index contributed by atoms with van der Waals surface area (Å²) in [5.74, 6) is 1.61. The first-order valence-corrected chi connectivity index (χ1v) is 13.3. The van der Waals surface area contributed by atoms with E-state index in [4.69, 9.17) is 26.3 Å². The molecule has 0 aliphatic carbocycles. The Hall–Kier alpha value is -4.81. The van der Waals surface area contributed by atoms with Gasteiger partial charge in [-0.15, -0.1) is 0 Å². The fourth-order valence-electron chi connectivity index (χ4n) is 4.36. The highest BCUT2D eigenvalue weighted by Crippen LogP contribution is 2.30. The van der Waals surface area contributed by atoms with Gasteiger partial charge in [0.25, 0.3) is 5.56 Å². The zero-order chi connectivity index (χ0) is 29.5. The minimum Gasteiger partial charge on any atom is -0.497 e. The van der Waals surface area contributed by atoms with Crippen molar-refractivity contribution in [1.29, 1.82) is 5.26 Å². The van der Waals surface area contributed by atoms with Crippen molar-refractivity contribution in [3.63, 3.8) is 0 Å². The fraction of sp³-hybridized carbons (Fsp3) is 0.226. The summed E-state index contributed by atoms with van der Waals surface area (Å²) in [5, 5.41) is 12.4. The molecule has 0 radical (unpaired) electrons. The number of halogens is 1. The molecule has 0 aliphatic rings. The molecule has 0 atom stereocenters. The Labute approximate surface area is 242 Å². The van der Waals surface area contributed by atoms with Crippen LogP contribution >= 0.6 is 11.6 Å². The van der Waals surface area contributed by atoms with Crippen LogP contribution < -0.4 is 26.0 Å². The molecule has 4 rings (SSSR count). The van der Waals surface area contributed by atoms with E-state index in [1.165, 1.54) is 10.6 Å². The van der Waals surface area contributed by atoms with Crippen LogP contribution in [0.2, 0.25) is 5.15 Å². The highest BCUT2D eigenvalue weighted by Gasteiger charge is 2.21. The van der Waals surface area contributed by atoms with Crippen LogP contribution in [0.15, 0.2) is 70.3 Å². The zero-order valence-electron chi connectivity index (χ0n) is 23.2. The van der Waals surface area contributed by atoms with E-state index >= 15 is 0 Å². The van der Waals surface area contributed by atoms with Crippen molar-refractivity contribution < 1.29 is 9.47 Å². The van der Waals surface area contributed by atoms with Gasteiger partial charge in [-0.25, -0.2) is 9.78 Å². The number of anilines is 1. The highest BCUT2D eigenvalue weighted by molar-refractivity contribution is 6.29. The maximum absolute atomic E-state index is 13.1. The van der Waals surface area contributed by atoms with Gasteiger partial charge in [0.1, 0.15) is 22.5 Å². The maximum Gasteiger partial charge on any atom is 0.331 e. The Bertz CT molecular complexity index is 1730. The van der Waals surface area contributed by atoms with Crippen molar-refractivity contribution in [1.82, 2.24) is 14.5 Å². The Kier molecular flexibility index (Phi) is 9.27. The van der Waals surface area contributed by atoms with Gasteiger partial charge in [-0.1, -0.05) is 43.6 Å². The molecule has 2 aromatic carbocycles. The average molecular weight is 572 g/mol. The molecule has 2 aromatic heterocycles. The van der Waals surface area contributed by atoms with Crippen LogP contribution in [-0.4, -0.2) is 21.6 Å². The van der Waals surface area contributed by atoms with E-state index in [1.54, 1.807) is 37.5 Å². The normalized spacial score (nSPS) is 11.0. The number of nitrogens with zero attached hydrogens (tertiary/aromatic N) is 3. The minimum atomic E-state index is -0.618. The number of benzene rings is 2. The summed E-state index contributed by atoms with van der Waals surface area (Å²) in [6.45, 7) is 6.17. The number of allylic oxidation sites excluding steroid dienone is 1. The number of nitrogens with one attached hydrogen (secondary N) is 2. The molecule has 4 aromatic rings. The van der Waals surface area contributed by atoms with E-state index in [-0.39, 0.29) is 23.5 Å². The molecule has 9 nitrogen and oxygen atoms in total. The van der Waals surface area contributed by atoms with Crippen LogP contribution in [0.5, 0.6) is 17.4 Å². The first kappa shape index (κ1) is 29.2. The number of nitriles is 1. The largest absolute Gasteiger partial charge is 0.497 e. The van der Waals surface area contributed by atoms with Crippen molar-refractivity contribution in [2.75, 3.05) is 12.4 Å². The lowest BCUT2D eigenvalue weighted by molar-refractivity contribution is 0.410. The number of ether oxygens (including phenoxy) is 2. The number of H-pyrrole nitrogens is 1. The molecule has 0 saturated heterocycles. The number of hydrogen-bond acceptors (Lipinski definition) is 7. The van der Waals surface area contributed by atoms with Gasteiger partial charge < -0.3 is 14.8 Å². The van der Waals surface area contributed by atoms with Gasteiger partial charge >= 0.3 is 5.69 Å². The SMILES string of the molecule is COc1ccc(CNc2cc(Cn3c(Oc4cc(C)cc(/C=C/C#N)c4)c(C(C)C)c(=O)[nH]c3=O)cc(Cl)n2)cc1. The molecular formula is C31H30ClN5O4. The summed E-state index contributed by atoms with van der Waals surface area (Å²) >= 11 is 6.36. The smallest absolute Gasteiger partial charge is 0.331 e. The van der Waals surface area contributed by atoms with Gasteiger partial charge in [0, 0.05) is 12.6 Å². The van der Waals surface area contributed by atoms with E-state index in [1.807, 2.05) is 57.2 Å². The predicted octanol–water partition coefficient (Wildman–Crippen LogP) is 6.01. The molecule has 0 saturated carbocycles. The number of pyridine rings is 1. The number of rotatable bonds is 10. The average Bonchev–Trinajstić information content (AvgIpc) is 2.92. The molecule has 0 bridgehead atoms. The number of aromatic nitrogens is 3. The molecule has 0 fully saturated rings. The van der Waals surface area contributed by atoms with Gasteiger partial charge in [-0.3, -0.25) is 14.3 Å². The number of hydrogen-bond donors (Lipinski definition) is 2. The van der Waals surface area contributed by atoms with Gasteiger partial charge in [0.2, 0.25) is 5.88 Å². The molecular weight excluding hydrogens is 542 g/mol. The third-order valence-electron chi connectivity index (χ3n) is 6.23. The van der Waals surface area contributed by atoms with Gasteiger partial charge in [0.15, 0.2) is 0 Å². The van der Waals surface area contributed by atoms with E-state index in [9.17, 15) is 9.59 Å². The summed E-state index contributed by atoms with van der Waals surface area (Å²) in [7, 11) is 1.62. The molecule has 0 spiro atoms. The lowest BCUT2D eigenvalue weighted by Gasteiger charge is -2.19. The highest BCUT2D eigenvalue weighted by atomic mass is 35.5. The van der Waals surface area contributed by atoms with Gasteiger partial charge in [-0.05, 0) is 77.6 Å². The van der Waals surface area contributed by atoms with Gasteiger partial charge in [0.05, 0.1) is 25.3 Å². The quantitative estimate of drug-likeness (QED) is 0.176. The third kappa shape index (κ3) is 7.44. The van der Waals surface area contributed by atoms with Gasteiger partial charge in [-0.2, -0.15) is 5.26 Å². The Balaban J connectivity index is 1.70. The second kappa shape index (κ2) is 13.0. The zero-order valence-corrected chi connectivity index (χ0v) is 24.0. The molecule has 2 heterocycles. The standard InChI is InChI=1S/C31H30ClN5O4/c1-19(2)28-29(38)36-31(39)37(30(28)41-25-13-20(3)12-22(14-25)6-5-11-33)18-23-15-26(32)35-27(16-23)34-17-21-7-9-24(40-4)10-8-21/h5-10,12-16,19H,17-18H2,1-4H3,(H,34,35)(H,36,38,39)/b6-5+. The molecule has 2 N–H and O–H groups in total. The van der Waals surface area contributed by atoms with E-state index in [2.05, 4.69) is 15.3 Å². The summed E-state index contributed by atoms with van der Waals surface area (Å²) < 4.78 is 12.9. The minimum absolute atomic E-state index is 0.0666. The summed E-state index contributed by atoms with van der Waals surface area (Å²) in [5.41, 5.74) is 2.54. The predicted molar refractivity (Wildman–Crippen MR) is 160 cm³/mol. The molecule has 41 heavy (non-hydrogen) atoms. The van der Waals surface area contributed by atoms with Crippen LogP contribution in [0.4, 0.5) is 5.82 Å². The molecule has 0 aliphatic heterocycles. The van der Waals surface area contributed by atoms with E-state index in [0.717, 1.165) is 22.4 Å². The first-order chi connectivity index (χ1) is 19.7. The Morgan fingerprint density at radius 1 is 1.10 bits per heavy atom. The second-order valence-electron chi connectivity index (χ2n) is 9.75. The number of methoxy groups -OCH3 is 1. The lowest BCUT2D eigenvalue weighted by atomic mass is 10.1. The summed E-state index contributed by atoms with van der Waals surface area (Å²) in [6, 6.07) is 18.5. The third-order valence-corrected chi connectivity index (χ3v) is 6.42. The Morgan fingerprint density at radius 3 is 2.54 bits per heavy atom. The summed E-state index contributed by atoms with van der Waals surface area (Å²) in [6.07, 6.45) is 3.03. The number of aryl methyl sites for hydroxylation is 1. The van der Waals surface area contributed by atoms with Crippen molar-refractivity contribution in [3.05, 3.63) is 114 Å². The van der Waals surface area contributed by atoms with Crippen LogP contribution in [-0.2, 0) is 13.1 Å². The van der Waals surface area contributed by atoms with Crippen LogP contribution in [0.1, 0.15) is 47.6 Å². The maximum atomic E-state index is 13.1. The molecule has 10 heteroatoms. The second-order valence-corrected chi connectivity index (χ2v) is 10.1. The fourth-order valence-corrected chi connectivity index (χ4v) is 4.59. The van der Waals surface area contributed by atoms with Crippen LogP contribution in [0, 0.1) is 18.3 Å². The molecule has 0 unspecified atom stereocenters. The molecule has 0 amide bonds. The van der Waals surface area contributed by atoms with Crippen molar-refractivity contribution in [2.24, 2.45) is 0 Å². The summed E-state index contributed by atoms with van der Waals surface area (Å²) in [4.78, 5) is 32.8. The van der Waals surface area contributed by atoms with Crippen molar-refractivity contribution >= 4 is 23.5 Å². The molecule has 210 valence electrons. The van der Waals surface area contributed by atoms with Crippen molar-refractivity contribution in [3.8, 4) is 23.4 Å². The van der Waals surface area contributed by atoms with E-state index < -0.39 is 11.2 Å². The van der Waals surface area contributed by atoms with Crippen LogP contribution in [0.3, 0.4) is 0 Å². The van der Waals surface area contributed by atoms with Crippen LogP contribution in [0.25, 0.3) is 6.08 Å². The van der Waals surface area contributed by atoms with Crippen molar-refractivity contribution in [2.45, 2.75) is 39.8 Å². The monoisotopic (exact) mass is 571 g/mol.